The average Bonchev–Trinajstić information content (AvgIpc) is 2.21. The van der Waals surface area contributed by atoms with Crippen LogP contribution < -0.4 is 4.52 Å². The summed E-state index contributed by atoms with van der Waals surface area (Å²) in [5.74, 6) is 0.583. The van der Waals surface area contributed by atoms with Crippen LogP contribution in [0.5, 0.6) is 5.75 Å². The van der Waals surface area contributed by atoms with Gasteiger partial charge in [0.2, 0.25) is 0 Å². The molecule has 0 fully saturated rings. The zero-order valence-electron chi connectivity index (χ0n) is 10.8. The molecule has 1 aromatic carbocycles. The molecule has 17 heavy (non-hydrogen) atoms. The van der Waals surface area contributed by atoms with Gasteiger partial charge in [0, 0.05) is 5.02 Å². The summed E-state index contributed by atoms with van der Waals surface area (Å²) in [5.41, 5.74) is 0.862. The molecule has 6 heteroatoms. The van der Waals surface area contributed by atoms with Gasteiger partial charge in [-0.1, -0.05) is 11.6 Å². The Labute approximate surface area is 108 Å². The molecule has 1 rings (SSSR count). The van der Waals surface area contributed by atoms with Crippen molar-refractivity contribution >= 4 is 19.3 Å². The quantitative estimate of drug-likeness (QED) is 0.790. The summed E-state index contributed by atoms with van der Waals surface area (Å²) >= 11 is 5.87. The van der Waals surface area contributed by atoms with E-state index in [9.17, 15) is 4.57 Å². The Morgan fingerprint density at radius 3 is 2.12 bits per heavy atom. The third-order valence-electron chi connectivity index (χ3n) is 2.37. The third-order valence-corrected chi connectivity index (χ3v) is 5.06. The van der Waals surface area contributed by atoms with E-state index in [0.717, 1.165) is 5.56 Å². The first-order valence-corrected chi connectivity index (χ1v) is 7.09. The fraction of sp³-hybridized carbons (Fsp3) is 0.455. The minimum absolute atomic E-state index is 0.583. The summed E-state index contributed by atoms with van der Waals surface area (Å²) in [5, 5.41) is 0.638. The lowest BCUT2D eigenvalue weighted by molar-refractivity contribution is 0.353. The standard InChI is InChI=1S/C11H18ClN2O2P/c1-9-8-10(12)6-7-11(9)16-17(15,13(2)3)14(4)5/h6-8H,1-5H3. The van der Waals surface area contributed by atoms with E-state index in [4.69, 9.17) is 16.1 Å². The van der Waals surface area contributed by atoms with E-state index < -0.39 is 7.67 Å². The Morgan fingerprint density at radius 1 is 1.18 bits per heavy atom. The van der Waals surface area contributed by atoms with Crippen molar-refractivity contribution in [3.8, 4) is 5.75 Å². The van der Waals surface area contributed by atoms with Gasteiger partial charge in [-0.15, -0.1) is 0 Å². The minimum atomic E-state index is -3.00. The topological polar surface area (TPSA) is 32.8 Å². The van der Waals surface area contributed by atoms with Gasteiger partial charge in [0.25, 0.3) is 0 Å². The van der Waals surface area contributed by atoms with Gasteiger partial charge in [0.1, 0.15) is 5.75 Å². The normalized spacial score (nSPS) is 12.2. The van der Waals surface area contributed by atoms with Crippen LogP contribution in [-0.2, 0) is 4.57 Å². The van der Waals surface area contributed by atoms with Crippen LogP contribution >= 0.6 is 19.3 Å². The first-order chi connectivity index (χ1) is 7.77. The predicted octanol–water partition coefficient (Wildman–Crippen LogP) is 3.26. The molecule has 0 radical (unpaired) electrons. The molecule has 0 aliphatic rings. The lowest BCUT2D eigenvalue weighted by atomic mass is 10.2. The summed E-state index contributed by atoms with van der Waals surface area (Å²) in [6, 6.07) is 5.24. The van der Waals surface area contributed by atoms with Crippen LogP contribution in [0, 0.1) is 6.92 Å². The van der Waals surface area contributed by atoms with E-state index in [0.29, 0.717) is 10.8 Å². The lowest BCUT2D eigenvalue weighted by Crippen LogP contribution is -2.24. The Balaban J connectivity index is 3.07. The summed E-state index contributed by atoms with van der Waals surface area (Å²) in [4.78, 5) is 0. The van der Waals surface area contributed by atoms with Gasteiger partial charge in [-0.3, -0.25) is 0 Å². The highest BCUT2D eigenvalue weighted by Crippen LogP contribution is 2.51. The molecule has 0 aromatic heterocycles. The van der Waals surface area contributed by atoms with Gasteiger partial charge in [-0.25, -0.2) is 13.9 Å². The van der Waals surface area contributed by atoms with Crippen molar-refractivity contribution in [2.45, 2.75) is 6.92 Å². The van der Waals surface area contributed by atoms with Gasteiger partial charge < -0.3 is 4.52 Å². The van der Waals surface area contributed by atoms with Crippen molar-refractivity contribution < 1.29 is 9.09 Å². The van der Waals surface area contributed by atoms with Crippen LogP contribution in [0.3, 0.4) is 0 Å². The van der Waals surface area contributed by atoms with Gasteiger partial charge in [-0.05, 0) is 58.9 Å². The summed E-state index contributed by atoms with van der Waals surface area (Å²) in [6.07, 6.45) is 0. The highest BCUT2D eigenvalue weighted by Gasteiger charge is 2.31. The van der Waals surface area contributed by atoms with Crippen molar-refractivity contribution in [1.29, 1.82) is 0 Å². The highest BCUT2D eigenvalue weighted by molar-refractivity contribution is 7.54. The number of hydrogen-bond donors (Lipinski definition) is 0. The smallest absolute Gasteiger partial charge is 0.394 e. The lowest BCUT2D eigenvalue weighted by Gasteiger charge is -2.30. The van der Waals surface area contributed by atoms with Crippen LogP contribution in [0.25, 0.3) is 0 Å². The number of benzene rings is 1. The van der Waals surface area contributed by atoms with Crippen molar-refractivity contribution in [3.05, 3.63) is 28.8 Å². The molecule has 0 aliphatic carbocycles. The second-order valence-electron chi connectivity index (χ2n) is 4.19. The number of hydrogen-bond acceptors (Lipinski definition) is 2. The molecule has 1 aromatic rings. The molecule has 0 atom stereocenters. The molecule has 0 saturated heterocycles. The molecule has 0 heterocycles. The molecule has 0 bridgehead atoms. The monoisotopic (exact) mass is 276 g/mol. The van der Waals surface area contributed by atoms with E-state index in [1.54, 1.807) is 55.7 Å². The zero-order valence-corrected chi connectivity index (χ0v) is 12.4. The molecule has 4 nitrogen and oxygen atoms in total. The van der Waals surface area contributed by atoms with E-state index in [2.05, 4.69) is 0 Å². The molecule has 0 spiro atoms. The Kier molecular flexibility index (Phi) is 4.62. The van der Waals surface area contributed by atoms with E-state index >= 15 is 0 Å². The van der Waals surface area contributed by atoms with Crippen LogP contribution in [0.2, 0.25) is 5.02 Å². The second-order valence-corrected chi connectivity index (χ2v) is 7.39. The zero-order chi connectivity index (χ0) is 13.2. The molecular weight excluding hydrogens is 259 g/mol. The number of halogens is 1. The number of nitrogens with zero attached hydrogens (tertiary/aromatic N) is 2. The maximum absolute atomic E-state index is 12.6. The summed E-state index contributed by atoms with van der Waals surface area (Å²) in [7, 11) is 3.91. The van der Waals surface area contributed by atoms with Crippen molar-refractivity contribution in [1.82, 2.24) is 9.34 Å². The first kappa shape index (κ1) is 14.5. The van der Waals surface area contributed by atoms with Gasteiger partial charge in [0.15, 0.2) is 0 Å². The van der Waals surface area contributed by atoms with E-state index in [1.165, 1.54) is 0 Å². The van der Waals surface area contributed by atoms with Crippen LogP contribution in [0.4, 0.5) is 0 Å². The van der Waals surface area contributed by atoms with Crippen LogP contribution in [0.15, 0.2) is 18.2 Å². The Hall–Kier alpha value is -0.540. The Morgan fingerprint density at radius 2 is 1.71 bits per heavy atom. The van der Waals surface area contributed by atoms with E-state index in [-0.39, 0.29) is 0 Å². The van der Waals surface area contributed by atoms with Gasteiger partial charge in [-0.2, -0.15) is 0 Å². The maximum Gasteiger partial charge on any atom is 0.394 e. The number of aryl methyl sites for hydroxylation is 1. The largest absolute Gasteiger partial charge is 0.422 e. The van der Waals surface area contributed by atoms with Crippen molar-refractivity contribution in [2.24, 2.45) is 0 Å². The maximum atomic E-state index is 12.6. The molecule has 0 aliphatic heterocycles. The molecular formula is C11H18ClN2O2P. The van der Waals surface area contributed by atoms with Gasteiger partial charge in [0.05, 0.1) is 0 Å². The molecule has 96 valence electrons. The van der Waals surface area contributed by atoms with Crippen LogP contribution in [0.1, 0.15) is 5.56 Å². The Bertz CT molecular complexity index is 437. The minimum Gasteiger partial charge on any atom is -0.422 e. The predicted molar refractivity (Wildman–Crippen MR) is 71.8 cm³/mol. The highest BCUT2D eigenvalue weighted by atomic mass is 35.5. The SMILES string of the molecule is Cc1cc(Cl)ccc1OP(=O)(N(C)C)N(C)C. The number of rotatable bonds is 4. The fourth-order valence-electron chi connectivity index (χ4n) is 1.36. The van der Waals surface area contributed by atoms with Crippen LogP contribution in [-0.4, -0.2) is 37.5 Å². The summed E-state index contributed by atoms with van der Waals surface area (Å²) in [6.45, 7) is 1.87. The van der Waals surface area contributed by atoms with E-state index in [1.807, 2.05) is 6.92 Å². The first-order valence-electron chi connectivity index (χ1n) is 5.19. The summed E-state index contributed by atoms with van der Waals surface area (Å²) < 4.78 is 21.4. The molecule has 0 unspecified atom stereocenters. The molecule has 0 saturated carbocycles. The van der Waals surface area contributed by atoms with Gasteiger partial charge >= 0.3 is 7.67 Å². The molecule has 0 amide bonds. The second kappa shape index (κ2) is 5.40. The third kappa shape index (κ3) is 3.23. The van der Waals surface area contributed by atoms with Crippen molar-refractivity contribution in [2.75, 3.05) is 28.2 Å². The average molecular weight is 277 g/mol. The fourth-order valence-corrected chi connectivity index (χ4v) is 3.09. The van der Waals surface area contributed by atoms with Crippen molar-refractivity contribution in [3.63, 3.8) is 0 Å². The molecule has 0 N–H and O–H groups in total.